The summed E-state index contributed by atoms with van der Waals surface area (Å²) in [7, 11) is 0. The highest BCUT2D eigenvalue weighted by atomic mass is 19.4. The number of benzene rings is 3. The number of halogens is 3. The number of rotatable bonds is 11. The van der Waals surface area contributed by atoms with Gasteiger partial charge in [-0.3, -0.25) is 9.59 Å². The molecule has 0 bridgehead atoms. The molecule has 0 unspecified atom stereocenters. The van der Waals surface area contributed by atoms with Gasteiger partial charge in [-0.25, -0.2) is 0 Å². The van der Waals surface area contributed by atoms with Crippen LogP contribution in [-0.4, -0.2) is 48.9 Å². The molecule has 3 aromatic rings. The van der Waals surface area contributed by atoms with Crippen molar-refractivity contribution in [3.63, 3.8) is 0 Å². The Kier molecular flexibility index (Phi) is 10.4. The summed E-state index contributed by atoms with van der Waals surface area (Å²) in [4.78, 5) is 29.1. The first-order chi connectivity index (χ1) is 19.3. The van der Waals surface area contributed by atoms with Crippen LogP contribution in [-0.2, 0) is 17.4 Å². The lowest BCUT2D eigenvalue weighted by atomic mass is 9.98. The highest BCUT2D eigenvalue weighted by Crippen LogP contribution is 2.29. The van der Waals surface area contributed by atoms with E-state index in [1.54, 1.807) is 12.1 Å². The third-order valence-corrected chi connectivity index (χ3v) is 7.29. The molecular formula is C32H36F3N3O2. The van der Waals surface area contributed by atoms with E-state index in [-0.39, 0.29) is 18.4 Å². The van der Waals surface area contributed by atoms with E-state index in [1.165, 1.54) is 31.4 Å². The highest BCUT2D eigenvalue weighted by molar-refractivity contribution is 6.02. The molecule has 3 aromatic carbocycles. The zero-order valence-corrected chi connectivity index (χ0v) is 22.6. The van der Waals surface area contributed by atoms with Gasteiger partial charge in [0, 0.05) is 12.1 Å². The second-order valence-electron chi connectivity index (χ2n) is 10.2. The number of carbonyl (C=O) groups is 2. The van der Waals surface area contributed by atoms with E-state index in [1.807, 2.05) is 42.5 Å². The van der Waals surface area contributed by atoms with Crippen LogP contribution in [0, 0.1) is 0 Å². The van der Waals surface area contributed by atoms with Gasteiger partial charge in [0.25, 0.3) is 5.91 Å². The van der Waals surface area contributed by atoms with Gasteiger partial charge in [0.2, 0.25) is 5.91 Å². The quantitative estimate of drug-likeness (QED) is 0.303. The average molecular weight is 552 g/mol. The largest absolute Gasteiger partial charge is 0.416 e. The maximum Gasteiger partial charge on any atom is 0.416 e. The Hall–Kier alpha value is -3.65. The lowest BCUT2D eigenvalue weighted by molar-refractivity contribution is -0.137. The van der Waals surface area contributed by atoms with Gasteiger partial charge in [0.15, 0.2) is 0 Å². The lowest BCUT2D eigenvalue weighted by Crippen LogP contribution is -2.47. The summed E-state index contributed by atoms with van der Waals surface area (Å²) in [5.74, 6) is -0.614. The van der Waals surface area contributed by atoms with Crippen LogP contribution in [0.5, 0.6) is 0 Å². The highest BCUT2D eigenvalue weighted by Gasteiger charge is 2.30. The number of nitrogens with one attached hydrogen (secondary N) is 2. The number of hydrogen-bond donors (Lipinski definition) is 2. The SMILES string of the molecule is O=C(N[C@@H](CCCN1CCCCC1)C(=O)NCCc1ccc(C(F)(F)F)cc1)c1ccccc1-c1ccccc1. The van der Waals surface area contributed by atoms with Gasteiger partial charge in [-0.1, -0.05) is 67.1 Å². The molecule has 5 nitrogen and oxygen atoms in total. The first-order valence-corrected chi connectivity index (χ1v) is 13.9. The van der Waals surface area contributed by atoms with Crippen molar-refractivity contribution in [2.75, 3.05) is 26.2 Å². The van der Waals surface area contributed by atoms with Gasteiger partial charge >= 0.3 is 6.18 Å². The number of hydrogen-bond acceptors (Lipinski definition) is 3. The topological polar surface area (TPSA) is 61.4 Å². The Morgan fingerprint density at radius 1 is 0.850 bits per heavy atom. The molecule has 40 heavy (non-hydrogen) atoms. The van der Waals surface area contributed by atoms with E-state index in [2.05, 4.69) is 15.5 Å². The van der Waals surface area contributed by atoms with Crippen molar-refractivity contribution >= 4 is 11.8 Å². The standard InChI is InChI=1S/C32H36F3N3O2/c33-32(34,35)26-17-15-24(16-18-26)19-20-36-31(40)29(14-9-23-38-21-7-2-8-22-38)37-30(39)28-13-6-5-12-27(28)25-10-3-1-4-11-25/h1,3-6,10-13,15-18,29H,2,7-9,14,19-23H2,(H,36,40)(H,37,39)/t29-/m0/s1. The fraction of sp³-hybridized carbons (Fsp3) is 0.375. The molecule has 2 N–H and O–H groups in total. The van der Waals surface area contributed by atoms with Gasteiger partial charge in [-0.15, -0.1) is 0 Å². The van der Waals surface area contributed by atoms with Crippen molar-refractivity contribution in [1.82, 2.24) is 15.5 Å². The van der Waals surface area contributed by atoms with Gasteiger partial charge in [-0.2, -0.15) is 13.2 Å². The lowest BCUT2D eigenvalue weighted by Gasteiger charge is -2.27. The van der Waals surface area contributed by atoms with Crippen molar-refractivity contribution in [1.29, 1.82) is 0 Å². The van der Waals surface area contributed by atoms with Crippen LogP contribution in [0.2, 0.25) is 0 Å². The van der Waals surface area contributed by atoms with E-state index in [0.717, 1.165) is 49.3 Å². The van der Waals surface area contributed by atoms with E-state index >= 15 is 0 Å². The molecule has 1 saturated heterocycles. The molecule has 0 aliphatic carbocycles. The smallest absolute Gasteiger partial charge is 0.354 e. The van der Waals surface area contributed by atoms with Crippen LogP contribution in [0.25, 0.3) is 11.1 Å². The Bertz CT molecular complexity index is 1240. The monoisotopic (exact) mass is 551 g/mol. The molecular weight excluding hydrogens is 515 g/mol. The summed E-state index contributed by atoms with van der Waals surface area (Å²) in [6.45, 7) is 3.23. The molecule has 1 aliphatic heterocycles. The second-order valence-corrected chi connectivity index (χ2v) is 10.2. The normalized spacial score (nSPS) is 14.9. The molecule has 1 atom stereocenters. The van der Waals surface area contributed by atoms with Crippen LogP contribution in [0.1, 0.15) is 53.6 Å². The summed E-state index contributed by atoms with van der Waals surface area (Å²) in [6, 6.07) is 21.2. The van der Waals surface area contributed by atoms with Gasteiger partial charge in [0.1, 0.15) is 6.04 Å². The molecule has 212 valence electrons. The van der Waals surface area contributed by atoms with Gasteiger partial charge < -0.3 is 15.5 Å². The van der Waals surface area contributed by atoms with E-state index in [4.69, 9.17) is 0 Å². The van der Waals surface area contributed by atoms with Crippen molar-refractivity contribution in [3.05, 3.63) is 95.6 Å². The Morgan fingerprint density at radius 3 is 2.23 bits per heavy atom. The third kappa shape index (κ3) is 8.42. The number of alkyl halides is 3. The minimum Gasteiger partial charge on any atom is -0.354 e. The van der Waals surface area contributed by atoms with Crippen LogP contribution in [0.15, 0.2) is 78.9 Å². The number of piperidine rings is 1. The van der Waals surface area contributed by atoms with Crippen LogP contribution in [0.3, 0.4) is 0 Å². The molecule has 2 amide bonds. The molecule has 1 heterocycles. The molecule has 8 heteroatoms. The molecule has 4 rings (SSSR count). The van der Waals surface area contributed by atoms with E-state index in [9.17, 15) is 22.8 Å². The number of likely N-dealkylation sites (tertiary alicyclic amines) is 1. The molecule has 0 spiro atoms. The van der Waals surface area contributed by atoms with E-state index < -0.39 is 17.8 Å². The molecule has 1 fully saturated rings. The number of amides is 2. The van der Waals surface area contributed by atoms with Crippen molar-refractivity contribution in [3.8, 4) is 11.1 Å². The molecule has 0 saturated carbocycles. The predicted octanol–water partition coefficient (Wildman–Crippen LogP) is 6.10. The Morgan fingerprint density at radius 2 is 1.52 bits per heavy atom. The zero-order chi connectivity index (χ0) is 28.4. The number of carbonyl (C=O) groups excluding carboxylic acids is 2. The minimum atomic E-state index is -4.38. The molecule has 0 radical (unpaired) electrons. The summed E-state index contributed by atoms with van der Waals surface area (Å²) in [6.07, 6.45) is 0.860. The fourth-order valence-corrected chi connectivity index (χ4v) is 5.07. The van der Waals surface area contributed by atoms with E-state index in [0.29, 0.717) is 24.0 Å². The average Bonchev–Trinajstić information content (AvgIpc) is 2.97. The summed E-state index contributed by atoms with van der Waals surface area (Å²) >= 11 is 0. The zero-order valence-electron chi connectivity index (χ0n) is 22.6. The second kappa shape index (κ2) is 14.1. The molecule has 0 aromatic heterocycles. The van der Waals surface area contributed by atoms with Crippen molar-refractivity contribution in [2.24, 2.45) is 0 Å². The first kappa shape index (κ1) is 29.3. The van der Waals surface area contributed by atoms with Crippen molar-refractivity contribution in [2.45, 2.75) is 50.7 Å². The maximum absolute atomic E-state index is 13.4. The number of nitrogens with zero attached hydrogens (tertiary/aromatic N) is 1. The first-order valence-electron chi connectivity index (χ1n) is 13.9. The van der Waals surface area contributed by atoms with Crippen LogP contribution in [0.4, 0.5) is 13.2 Å². The Labute approximate surface area is 233 Å². The van der Waals surface area contributed by atoms with Gasteiger partial charge in [-0.05, 0) is 86.6 Å². The van der Waals surface area contributed by atoms with Crippen LogP contribution < -0.4 is 10.6 Å². The maximum atomic E-state index is 13.4. The van der Waals surface area contributed by atoms with Crippen LogP contribution >= 0.6 is 0 Å². The fourth-order valence-electron chi connectivity index (χ4n) is 5.07. The summed E-state index contributed by atoms with van der Waals surface area (Å²) in [5.41, 5.74) is 2.18. The predicted molar refractivity (Wildman–Crippen MR) is 151 cm³/mol. The van der Waals surface area contributed by atoms with Gasteiger partial charge in [0.05, 0.1) is 5.56 Å². The Balaban J connectivity index is 1.40. The minimum absolute atomic E-state index is 0.253. The summed E-state index contributed by atoms with van der Waals surface area (Å²) < 4.78 is 38.5. The summed E-state index contributed by atoms with van der Waals surface area (Å²) in [5, 5.41) is 5.84. The third-order valence-electron chi connectivity index (χ3n) is 7.29. The van der Waals surface area contributed by atoms with Crippen molar-refractivity contribution < 1.29 is 22.8 Å². The molecule has 1 aliphatic rings.